The van der Waals surface area contributed by atoms with Gasteiger partial charge in [-0.15, -0.1) is 12.4 Å². The lowest BCUT2D eigenvalue weighted by molar-refractivity contribution is 0.106. The van der Waals surface area contributed by atoms with Crippen LogP contribution < -0.4 is 5.36 Å². The summed E-state index contributed by atoms with van der Waals surface area (Å²) in [7, 11) is 0. The number of hydrogen-bond acceptors (Lipinski definition) is 4. The van der Waals surface area contributed by atoms with Crippen molar-refractivity contribution in [3.8, 4) is 11.3 Å². The highest BCUT2D eigenvalue weighted by Gasteiger charge is 2.05. The summed E-state index contributed by atoms with van der Waals surface area (Å²) in [6, 6.07) is 19.9. The second-order valence-electron chi connectivity index (χ2n) is 5.81. The quantitative estimate of drug-likeness (QED) is 0.446. The van der Waals surface area contributed by atoms with Crippen LogP contribution in [0.2, 0.25) is 0 Å². The number of nitrogens with zero attached hydrogens (tertiary/aromatic N) is 2. The Balaban J connectivity index is 0.00000243. The summed E-state index contributed by atoms with van der Waals surface area (Å²) in [5.41, 5.74) is 1.82. The molecule has 3 rings (SSSR count). The molecule has 1 heterocycles. The van der Waals surface area contributed by atoms with E-state index in [0.29, 0.717) is 6.61 Å². The number of likely N-dealkylation sites (N-methyl/N-ethyl adjacent to an activating group) is 1. The Hall–Kier alpha value is -2.30. The molecule has 0 aliphatic carbocycles. The van der Waals surface area contributed by atoms with Gasteiger partial charge in [0.05, 0.1) is 0 Å². The molecule has 3 aromatic rings. The summed E-state index contributed by atoms with van der Waals surface area (Å²) in [6.45, 7) is 7.79. The van der Waals surface area contributed by atoms with Crippen LogP contribution in [0.15, 0.2) is 70.2 Å². The Kier molecular flexibility index (Phi) is 7.70. The molecule has 0 N–H and O–H groups in total. The third-order valence-corrected chi connectivity index (χ3v) is 4.27. The van der Waals surface area contributed by atoms with E-state index < -0.39 is 0 Å². The Morgan fingerprint density at radius 2 is 1.65 bits per heavy atom. The maximum Gasteiger partial charge on any atom is 0.136 e. The molecule has 4 nitrogen and oxygen atoms in total. The Bertz CT molecular complexity index is 874. The molecule has 0 spiro atoms. The van der Waals surface area contributed by atoms with Crippen molar-refractivity contribution >= 4 is 23.4 Å². The molecule has 0 radical (unpaired) electrons. The number of halogens is 1. The normalized spacial score (nSPS) is 11.6. The van der Waals surface area contributed by atoms with Gasteiger partial charge in [-0.05, 0) is 25.2 Å². The van der Waals surface area contributed by atoms with E-state index in [2.05, 4.69) is 23.9 Å². The van der Waals surface area contributed by atoms with Gasteiger partial charge in [0.2, 0.25) is 0 Å². The molecule has 0 aliphatic heterocycles. The van der Waals surface area contributed by atoms with E-state index in [4.69, 9.17) is 9.25 Å². The smallest absolute Gasteiger partial charge is 0.136 e. The molecule has 138 valence electrons. The average Bonchev–Trinajstić information content (AvgIpc) is 2.68. The first kappa shape index (κ1) is 20.0. The Morgan fingerprint density at radius 3 is 2.38 bits per heavy atom. The largest absolute Gasteiger partial charge is 0.456 e. The lowest BCUT2D eigenvalue weighted by Crippen LogP contribution is -2.26. The third kappa shape index (κ3) is 4.87. The molecule has 1 aromatic heterocycles. The molecule has 0 saturated heterocycles. The molecular formula is C21H25ClN2O2. The van der Waals surface area contributed by atoms with Crippen LogP contribution in [0.3, 0.4) is 0 Å². The SMILES string of the molecule is CCN(CC)CCO/N=c1\cc(-c2ccccc2)oc2ccccc12.Cl. The fraction of sp³-hybridized carbons (Fsp3) is 0.286. The fourth-order valence-electron chi connectivity index (χ4n) is 2.76. The van der Waals surface area contributed by atoms with Gasteiger partial charge in [-0.3, -0.25) is 0 Å². The van der Waals surface area contributed by atoms with E-state index in [1.54, 1.807) is 0 Å². The molecular weight excluding hydrogens is 348 g/mol. The second-order valence-corrected chi connectivity index (χ2v) is 5.81. The molecule has 26 heavy (non-hydrogen) atoms. The predicted molar refractivity (Wildman–Crippen MR) is 108 cm³/mol. The average molecular weight is 373 g/mol. The van der Waals surface area contributed by atoms with Gasteiger partial charge < -0.3 is 14.2 Å². The highest BCUT2D eigenvalue weighted by Crippen LogP contribution is 2.21. The van der Waals surface area contributed by atoms with Crippen molar-refractivity contribution in [3.63, 3.8) is 0 Å². The molecule has 5 heteroatoms. The third-order valence-electron chi connectivity index (χ3n) is 4.27. The minimum absolute atomic E-state index is 0. The van der Waals surface area contributed by atoms with Crippen molar-refractivity contribution in [2.45, 2.75) is 13.8 Å². The molecule has 0 unspecified atom stereocenters. The van der Waals surface area contributed by atoms with Gasteiger partial charge >= 0.3 is 0 Å². The molecule has 2 aromatic carbocycles. The Labute approximate surface area is 160 Å². The fourth-order valence-corrected chi connectivity index (χ4v) is 2.76. The van der Waals surface area contributed by atoms with Gasteiger partial charge in [-0.2, -0.15) is 0 Å². The van der Waals surface area contributed by atoms with E-state index in [1.165, 1.54) is 0 Å². The van der Waals surface area contributed by atoms with E-state index in [-0.39, 0.29) is 12.4 Å². The van der Waals surface area contributed by atoms with Crippen LogP contribution in [0.4, 0.5) is 0 Å². The van der Waals surface area contributed by atoms with Crippen LogP contribution in [0.1, 0.15) is 13.8 Å². The number of benzene rings is 2. The minimum atomic E-state index is 0. The van der Waals surface area contributed by atoms with Crippen molar-refractivity contribution in [3.05, 3.63) is 66.0 Å². The number of para-hydroxylation sites is 1. The topological polar surface area (TPSA) is 38.0 Å². The first-order chi connectivity index (χ1) is 12.3. The summed E-state index contributed by atoms with van der Waals surface area (Å²) >= 11 is 0. The van der Waals surface area contributed by atoms with Gasteiger partial charge in [0.15, 0.2) is 0 Å². The maximum absolute atomic E-state index is 6.04. The molecule has 0 fully saturated rings. The van der Waals surface area contributed by atoms with Crippen LogP contribution in [-0.4, -0.2) is 31.1 Å². The van der Waals surface area contributed by atoms with Crippen molar-refractivity contribution in [1.82, 2.24) is 4.90 Å². The van der Waals surface area contributed by atoms with Crippen LogP contribution >= 0.6 is 12.4 Å². The van der Waals surface area contributed by atoms with E-state index in [0.717, 1.165) is 47.3 Å². The van der Waals surface area contributed by atoms with Crippen LogP contribution in [-0.2, 0) is 4.84 Å². The van der Waals surface area contributed by atoms with Gasteiger partial charge in [0.25, 0.3) is 0 Å². The first-order valence-electron chi connectivity index (χ1n) is 8.78. The number of fused-ring (bicyclic) bond motifs is 1. The standard InChI is InChI=1S/C21H24N2O2.ClH/c1-3-23(4-2)14-15-24-22-19-16-21(17-10-6-5-7-11-17)25-20-13-9-8-12-18(19)20;/h5-13,16H,3-4,14-15H2,1-2H3;1H/b22-19+;. The van der Waals surface area contributed by atoms with Crippen LogP contribution in [0.25, 0.3) is 22.3 Å². The van der Waals surface area contributed by atoms with E-state index in [9.17, 15) is 0 Å². The van der Waals surface area contributed by atoms with Gasteiger partial charge in [0, 0.05) is 23.6 Å². The molecule has 0 atom stereocenters. The van der Waals surface area contributed by atoms with Gasteiger partial charge in [-0.25, -0.2) is 0 Å². The monoisotopic (exact) mass is 372 g/mol. The minimum Gasteiger partial charge on any atom is -0.456 e. The molecule has 0 bridgehead atoms. The van der Waals surface area contributed by atoms with Crippen molar-refractivity contribution in [2.24, 2.45) is 5.16 Å². The van der Waals surface area contributed by atoms with Gasteiger partial charge in [0.1, 0.15) is 23.3 Å². The number of rotatable bonds is 7. The maximum atomic E-state index is 6.04. The summed E-state index contributed by atoms with van der Waals surface area (Å²) in [6.07, 6.45) is 0. The van der Waals surface area contributed by atoms with Crippen molar-refractivity contribution < 1.29 is 9.25 Å². The highest BCUT2D eigenvalue weighted by molar-refractivity contribution is 5.85. The lowest BCUT2D eigenvalue weighted by atomic mass is 10.1. The van der Waals surface area contributed by atoms with Crippen molar-refractivity contribution in [2.75, 3.05) is 26.2 Å². The van der Waals surface area contributed by atoms with Crippen molar-refractivity contribution in [1.29, 1.82) is 0 Å². The van der Waals surface area contributed by atoms with Gasteiger partial charge in [-0.1, -0.05) is 61.5 Å². The number of hydrogen-bond donors (Lipinski definition) is 0. The van der Waals surface area contributed by atoms with E-state index in [1.807, 2.05) is 60.7 Å². The molecule has 0 aliphatic rings. The lowest BCUT2D eigenvalue weighted by Gasteiger charge is -2.16. The predicted octanol–water partition coefficient (Wildman–Crippen LogP) is 4.70. The summed E-state index contributed by atoms with van der Waals surface area (Å²) < 4.78 is 6.04. The summed E-state index contributed by atoms with van der Waals surface area (Å²) in [5.74, 6) is 0.783. The zero-order chi connectivity index (χ0) is 17.5. The zero-order valence-corrected chi connectivity index (χ0v) is 16.0. The highest BCUT2D eigenvalue weighted by atomic mass is 35.5. The zero-order valence-electron chi connectivity index (χ0n) is 15.2. The second kappa shape index (κ2) is 10.00. The Morgan fingerprint density at radius 1 is 0.962 bits per heavy atom. The van der Waals surface area contributed by atoms with E-state index >= 15 is 0 Å². The summed E-state index contributed by atoms with van der Waals surface area (Å²) in [5, 5.41) is 6.12. The van der Waals surface area contributed by atoms with Crippen LogP contribution in [0.5, 0.6) is 0 Å². The summed E-state index contributed by atoms with van der Waals surface area (Å²) in [4.78, 5) is 7.90. The molecule has 0 amide bonds. The van der Waals surface area contributed by atoms with Crippen LogP contribution in [0, 0.1) is 0 Å². The molecule has 0 saturated carbocycles. The first-order valence-corrected chi connectivity index (χ1v) is 8.78.